The van der Waals surface area contributed by atoms with E-state index in [0.29, 0.717) is 28.1 Å². The number of amides is 1. The van der Waals surface area contributed by atoms with Gasteiger partial charge in [0.15, 0.2) is 0 Å². The molecule has 0 aliphatic heterocycles. The zero-order chi connectivity index (χ0) is 23.8. The summed E-state index contributed by atoms with van der Waals surface area (Å²) in [7, 11) is -3.99. The van der Waals surface area contributed by atoms with Crippen LogP contribution in [0.4, 0.5) is 5.69 Å². The molecule has 10 heteroatoms. The number of nitrogens with zero attached hydrogens (tertiary/aromatic N) is 1. The van der Waals surface area contributed by atoms with Crippen molar-refractivity contribution < 1.29 is 13.2 Å². The van der Waals surface area contributed by atoms with Crippen LogP contribution in [0.1, 0.15) is 5.56 Å². The summed E-state index contributed by atoms with van der Waals surface area (Å²) in [5.74, 6) is 0.863. The molecule has 3 rings (SSSR count). The molecule has 0 atom stereocenters. The molecule has 0 fully saturated rings. The first-order valence-electron chi connectivity index (χ1n) is 9.90. The first-order chi connectivity index (χ1) is 15.8. The fourth-order valence-electron chi connectivity index (χ4n) is 2.94. The van der Waals surface area contributed by atoms with Crippen LogP contribution in [0, 0.1) is 0 Å². The first-order valence-corrected chi connectivity index (χ1v) is 13.6. The number of halogens is 3. The summed E-state index contributed by atoms with van der Waals surface area (Å²) in [6, 6.07) is 19.8. The van der Waals surface area contributed by atoms with E-state index < -0.39 is 22.5 Å². The summed E-state index contributed by atoms with van der Waals surface area (Å²) < 4.78 is 27.6. The number of para-hydroxylation sites is 1. The van der Waals surface area contributed by atoms with Crippen LogP contribution in [-0.4, -0.2) is 33.2 Å². The standard InChI is InChI=1S/C23H21Cl3N2O3S2/c24-18-11-10-17(21(26)14-18)16-32-13-12-27-23(29)15-28(22-9-5-4-8-20(22)25)33(30,31)19-6-2-1-3-7-19/h1-11,14H,12-13,15-16H2,(H,27,29). The van der Waals surface area contributed by atoms with Crippen molar-refractivity contribution in [1.29, 1.82) is 0 Å². The number of nitrogens with one attached hydrogen (secondary N) is 1. The average Bonchev–Trinajstić information content (AvgIpc) is 2.79. The van der Waals surface area contributed by atoms with Gasteiger partial charge in [-0.25, -0.2) is 8.42 Å². The van der Waals surface area contributed by atoms with Crippen molar-refractivity contribution in [3.05, 3.63) is 93.4 Å². The smallest absolute Gasteiger partial charge is 0.264 e. The Morgan fingerprint density at radius 2 is 1.61 bits per heavy atom. The second-order valence-corrected chi connectivity index (χ2v) is 11.1. The number of sulfonamides is 1. The summed E-state index contributed by atoms with van der Waals surface area (Å²) >= 11 is 19.9. The van der Waals surface area contributed by atoms with Crippen LogP contribution in [0.3, 0.4) is 0 Å². The third-order valence-electron chi connectivity index (χ3n) is 4.58. The molecule has 0 bridgehead atoms. The number of anilines is 1. The molecule has 3 aromatic carbocycles. The highest BCUT2D eigenvalue weighted by Crippen LogP contribution is 2.30. The zero-order valence-electron chi connectivity index (χ0n) is 17.4. The molecule has 0 aliphatic rings. The lowest BCUT2D eigenvalue weighted by Crippen LogP contribution is -2.41. The number of thioether (sulfide) groups is 1. The van der Waals surface area contributed by atoms with Crippen molar-refractivity contribution in [2.45, 2.75) is 10.6 Å². The Hall–Kier alpha value is -1.90. The number of carbonyl (C=O) groups is 1. The Morgan fingerprint density at radius 1 is 0.909 bits per heavy atom. The second-order valence-electron chi connectivity index (χ2n) is 6.91. The Balaban J connectivity index is 1.63. The summed E-state index contributed by atoms with van der Waals surface area (Å²) in [6.07, 6.45) is 0. The van der Waals surface area contributed by atoms with Gasteiger partial charge in [0.2, 0.25) is 5.91 Å². The van der Waals surface area contributed by atoms with Gasteiger partial charge in [0.25, 0.3) is 10.0 Å². The molecule has 0 heterocycles. The highest BCUT2D eigenvalue weighted by atomic mass is 35.5. The zero-order valence-corrected chi connectivity index (χ0v) is 21.3. The topological polar surface area (TPSA) is 66.5 Å². The van der Waals surface area contributed by atoms with Gasteiger partial charge >= 0.3 is 0 Å². The third-order valence-corrected chi connectivity index (χ3v) is 8.27. The maximum Gasteiger partial charge on any atom is 0.264 e. The normalized spacial score (nSPS) is 11.2. The molecule has 0 aromatic heterocycles. The van der Waals surface area contributed by atoms with Crippen LogP contribution in [0.15, 0.2) is 77.7 Å². The number of carbonyl (C=O) groups excluding carboxylic acids is 1. The summed E-state index contributed by atoms with van der Waals surface area (Å²) in [6.45, 7) is -0.0227. The molecule has 3 aromatic rings. The lowest BCUT2D eigenvalue weighted by molar-refractivity contribution is -0.119. The number of hydrogen-bond acceptors (Lipinski definition) is 4. The van der Waals surface area contributed by atoms with Crippen LogP contribution < -0.4 is 9.62 Å². The van der Waals surface area contributed by atoms with Crippen molar-refractivity contribution in [3.8, 4) is 0 Å². The quantitative estimate of drug-likeness (QED) is 0.324. The Kier molecular flexibility index (Phi) is 9.35. The summed E-state index contributed by atoms with van der Waals surface area (Å²) in [5.41, 5.74) is 1.20. The fourth-order valence-corrected chi connectivity index (χ4v) is 6.11. The van der Waals surface area contributed by atoms with E-state index in [1.165, 1.54) is 12.1 Å². The fraction of sp³-hybridized carbons (Fsp3) is 0.174. The number of hydrogen-bond donors (Lipinski definition) is 1. The minimum Gasteiger partial charge on any atom is -0.354 e. The van der Waals surface area contributed by atoms with Gasteiger partial charge in [-0.3, -0.25) is 9.10 Å². The van der Waals surface area contributed by atoms with Crippen LogP contribution in [0.25, 0.3) is 0 Å². The largest absolute Gasteiger partial charge is 0.354 e. The summed E-state index contributed by atoms with van der Waals surface area (Å²) in [5, 5.41) is 4.19. The van der Waals surface area contributed by atoms with Gasteiger partial charge < -0.3 is 5.32 Å². The lowest BCUT2D eigenvalue weighted by Gasteiger charge is -2.25. The van der Waals surface area contributed by atoms with Gasteiger partial charge in [-0.15, -0.1) is 0 Å². The first kappa shape index (κ1) is 25.7. The minimum atomic E-state index is -3.99. The van der Waals surface area contributed by atoms with Gasteiger partial charge in [0, 0.05) is 28.1 Å². The number of benzene rings is 3. The highest BCUT2D eigenvalue weighted by molar-refractivity contribution is 7.98. The van der Waals surface area contributed by atoms with E-state index in [-0.39, 0.29) is 15.6 Å². The second kappa shape index (κ2) is 12.0. The monoisotopic (exact) mass is 542 g/mol. The molecule has 0 spiro atoms. The molecule has 0 saturated carbocycles. The maximum absolute atomic E-state index is 13.3. The van der Waals surface area contributed by atoms with E-state index in [1.807, 2.05) is 6.07 Å². The van der Waals surface area contributed by atoms with E-state index in [4.69, 9.17) is 34.8 Å². The Labute approximate surface area is 213 Å². The van der Waals surface area contributed by atoms with Crippen molar-refractivity contribution in [1.82, 2.24) is 5.32 Å². The Bertz CT molecular complexity index is 1210. The third kappa shape index (κ3) is 7.04. The molecule has 0 aliphatic carbocycles. The predicted molar refractivity (Wildman–Crippen MR) is 138 cm³/mol. The molecular weight excluding hydrogens is 523 g/mol. The van der Waals surface area contributed by atoms with Crippen molar-refractivity contribution in [3.63, 3.8) is 0 Å². The minimum absolute atomic E-state index is 0.0770. The SMILES string of the molecule is O=C(CN(c1ccccc1Cl)S(=O)(=O)c1ccccc1)NCCSCc1ccc(Cl)cc1Cl. The van der Waals surface area contributed by atoms with E-state index in [2.05, 4.69) is 5.32 Å². The van der Waals surface area contributed by atoms with Crippen molar-refractivity contribution in [2.75, 3.05) is 23.1 Å². The molecule has 0 saturated heterocycles. The molecular formula is C23H21Cl3N2O3S2. The highest BCUT2D eigenvalue weighted by Gasteiger charge is 2.28. The molecule has 33 heavy (non-hydrogen) atoms. The van der Waals surface area contributed by atoms with E-state index >= 15 is 0 Å². The molecule has 1 amide bonds. The molecule has 5 nitrogen and oxygen atoms in total. The van der Waals surface area contributed by atoms with E-state index in [1.54, 1.807) is 66.4 Å². The van der Waals surface area contributed by atoms with Crippen molar-refractivity contribution in [2.24, 2.45) is 0 Å². The molecule has 1 N–H and O–H groups in total. The van der Waals surface area contributed by atoms with Crippen LogP contribution in [-0.2, 0) is 20.6 Å². The maximum atomic E-state index is 13.3. The Morgan fingerprint density at radius 3 is 2.30 bits per heavy atom. The van der Waals surface area contributed by atoms with Crippen LogP contribution in [0.2, 0.25) is 15.1 Å². The van der Waals surface area contributed by atoms with Crippen LogP contribution in [0.5, 0.6) is 0 Å². The van der Waals surface area contributed by atoms with Gasteiger partial charge in [0.05, 0.1) is 15.6 Å². The van der Waals surface area contributed by atoms with Crippen LogP contribution >= 0.6 is 46.6 Å². The van der Waals surface area contributed by atoms with E-state index in [9.17, 15) is 13.2 Å². The van der Waals surface area contributed by atoms with Gasteiger partial charge in [0.1, 0.15) is 6.54 Å². The number of rotatable bonds is 10. The van der Waals surface area contributed by atoms with E-state index in [0.717, 1.165) is 9.87 Å². The summed E-state index contributed by atoms with van der Waals surface area (Å²) in [4.78, 5) is 12.7. The molecule has 174 valence electrons. The van der Waals surface area contributed by atoms with Gasteiger partial charge in [-0.05, 0) is 42.0 Å². The van der Waals surface area contributed by atoms with Gasteiger partial charge in [-0.2, -0.15) is 11.8 Å². The molecule has 0 radical (unpaired) electrons. The molecule has 0 unspecified atom stereocenters. The lowest BCUT2D eigenvalue weighted by atomic mass is 10.2. The predicted octanol–water partition coefficient (Wildman–Crippen LogP) is 5.89. The van der Waals surface area contributed by atoms with Gasteiger partial charge in [-0.1, -0.05) is 71.2 Å². The van der Waals surface area contributed by atoms with Crippen molar-refractivity contribution >= 4 is 68.2 Å². The average molecular weight is 544 g/mol.